The van der Waals surface area contributed by atoms with Crippen LogP contribution in [0.4, 0.5) is 14.9 Å². The van der Waals surface area contributed by atoms with Crippen molar-refractivity contribution >= 4 is 33.7 Å². The van der Waals surface area contributed by atoms with E-state index in [0.29, 0.717) is 5.56 Å². The second-order valence-corrected chi connectivity index (χ2v) is 5.33. The standard InChI is InChI=1S/C16H14BrFN2O/c1-11-10-13(17)6-7-15(11)20-16(21)19-9-8-12-4-2-3-5-14(12)18/h2-10H,1H3,(H2,19,20,21)/b9-8+. The van der Waals surface area contributed by atoms with Gasteiger partial charge >= 0.3 is 6.03 Å². The van der Waals surface area contributed by atoms with E-state index in [4.69, 9.17) is 0 Å². The molecule has 0 radical (unpaired) electrons. The molecule has 0 spiro atoms. The maximum atomic E-state index is 13.4. The Morgan fingerprint density at radius 3 is 2.71 bits per heavy atom. The van der Waals surface area contributed by atoms with Crippen molar-refractivity contribution in [3.63, 3.8) is 0 Å². The predicted molar refractivity (Wildman–Crippen MR) is 86.5 cm³/mol. The van der Waals surface area contributed by atoms with Gasteiger partial charge in [0.15, 0.2) is 0 Å². The molecule has 0 aliphatic heterocycles. The first-order valence-electron chi connectivity index (χ1n) is 6.31. The summed E-state index contributed by atoms with van der Waals surface area (Å²) in [5.74, 6) is -0.334. The topological polar surface area (TPSA) is 41.1 Å². The highest BCUT2D eigenvalue weighted by Crippen LogP contribution is 2.19. The molecular weight excluding hydrogens is 335 g/mol. The van der Waals surface area contributed by atoms with Gasteiger partial charge in [-0.3, -0.25) is 0 Å². The SMILES string of the molecule is Cc1cc(Br)ccc1NC(=O)N/C=C/c1ccccc1F. The minimum absolute atomic E-state index is 0.334. The Bertz CT molecular complexity index is 686. The maximum absolute atomic E-state index is 13.4. The van der Waals surface area contributed by atoms with Crippen LogP contribution in [0.25, 0.3) is 6.08 Å². The van der Waals surface area contributed by atoms with Gasteiger partial charge in [-0.25, -0.2) is 9.18 Å². The highest BCUT2D eigenvalue weighted by Gasteiger charge is 2.03. The number of carbonyl (C=O) groups is 1. The molecule has 3 nitrogen and oxygen atoms in total. The van der Waals surface area contributed by atoms with E-state index in [1.54, 1.807) is 24.3 Å². The smallest absolute Gasteiger partial charge is 0.314 e. The summed E-state index contributed by atoms with van der Waals surface area (Å²) in [7, 11) is 0. The van der Waals surface area contributed by atoms with Crippen LogP contribution in [-0.2, 0) is 0 Å². The van der Waals surface area contributed by atoms with E-state index in [2.05, 4.69) is 26.6 Å². The van der Waals surface area contributed by atoms with E-state index in [9.17, 15) is 9.18 Å². The molecule has 0 fully saturated rings. The fourth-order valence-electron chi connectivity index (χ4n) is 1.74. The predicted octanol–water partition coefficient (Wildman–Crippen LogP) is 4.69. The van der Waals surface area contributed by atoms with Crippen LogP contribution in [0.1, 0.15) is 11.1 Å². The number of urea groups is 1. The highest BCUT2D eigenvalue weighted by molar-refractivity contribution is 9.10. The molecule has 21 heavy (non-hydrogen) atoms. The number of rotatable bonds is 3. The van der Waals surface area contributed by atoms with Gasteiger partial charge < -0.3 is 10.6 Å². The van der Waals surface area contributed by atoms with Crippen LogP contribution < -0.4 is 10.6 Å². The van der Waals surface area contributed by atoms with Gasteiger partial charge in [0.1, 0.15) is 5.82 Å². The van der Waals surface area contributed by atoms with Gasteiger partial charge in [0, 0.05) is 21.9 Å². The first-order valence-corrected chi connectivity index (χ1v) is 7.10. The lowest BCUT2D eigenvalue weighted by molar-refractivity contribution is 0.255. The first kappa shape index (κ1) is 15.3. The lowest BCUT2D eigenvalue weighted by Gasteiger charge is -2.08. The summed E-state index contributed by atoms with van der Waals surface area (Å²) in [6.45, 7) is 1.90. The number of aryl methyl sites for hydroxylation is 1. The highest BCUT2D eigenvalue weighted by atomic mass is 79.9. The third kappa shape index (κ3) is 4.43. The summed E-state index contributed by atoms with van der Waals surface area (Å²) < 4.78 is 14.3. The van der Waals surface area contributed by atoms with E-state index in [1.165, 1.54) is 18.3 Å². The third-order valence-corrected chi connectivity index (χ3v) is 3.31. The van der Waals surface area contributed by atoms with Crippen molar-refractivity contribution in [3.8, 4) is 0 Å². The average molecular weight is 349 g/mol. The van der Waals surface area contributed by atoms with E-state index < -0.39 is 0 Å². The van der Waals surface area contributed by atoms with E-state index in [-0.39, 0.29) is 11.8 Å². The first-order chi connectivity index (χ1) is 10.1. The molecule has 0 atom stereocenters. The second kappa shape index (κ2) is 7.04. The van der Waals surface area contributed by atoms with Crippen LogP contribution in [0.3, 0.4) is 0 Å². The van der Waals surface area contributed by atoms with Crippen LogP contribution in [0.15, 0.2) is 53.1 Å². The van der Waals surface area contributed by atoms with Crippen molar-refractivity contribution in [1.29, 1.82) is 0 Å². The normalized spacial score (nSPS) is 10.6. The largest absolute Gasteiger partial charge is 0.323 e. The van der Waals surface area contributed by atoms with Gasteiger partial charge in [0.25, 0.3) is 0 Å². The zero-order chi connectivity index (χ0) is 15.2. The van der Waals surface area contributed by atoms with Crippen LogP contribution in [0, 0.1) is 12.7 Å². The Balaban J connectivity index is 1.95. The van der Waals surface area contributed by atoms with Crippen molar-refractivity contribution in [2.45, 2.75) is 6.92 Å². The van der Waals surface area contributed by atoms with E-state index in [1.807, 2.05) is 19.1 Å². The Morgan fingerprint density at radius 2 is 2.00 bits per heavy atom. The maximum Gasteiger partial charge on any atom is 0.323 e. The number of nitrogens with one attached hydrogen (secondary N) is 2. The number of hydrogen-bond acceptors (Lipinski definition) is 1. The van der Waals surface area contributed by atoms with Crippen molar-refractivity contribution in [2.75, 3.05) is 5.32 Å². The minimum Gasteiger partial charge on any atom is -0.314 e. The van der Waals surface area contributed by atoms with Crippen molar-refractivity contribution in [3.05, 3.63) is 70.1 Å². The zero-order valence-corrected chi connectivity index (χ0v) is 12.9. The number of carbonyl (C=O) groups excluding carboxylic acids is 1. The number of amides is 2. The van der Waals surface area contributed by atoms with Crippen molar-refractivity contribution in [2.24, 2.45) is 0 Å². The third-order valence-electron chi connectivity index (χ3n) is 2.82. The molecule has 2 aromatic carbocycles. The lowest BCUT2D eigenvalue weighted by Crippen LogP contribution is -2.24. The van der Waals surface area contributed by atoms with Crippen LogP contribution in [-0.4, -0.2) is 6.03 Å². The summed E-state index contributed by atoms with van der Waals surface area (Å²) in [5, 5.41) is 5.26. The molecule has 0 saturated heterocycles. The molecule has 0 bridgehead atoms. The van der Waals surface area contributed by atoms with Crippen LogP contribution in [0.2, 0.25) is 0 Å². The lowest BCUT2D eigenvalue weighted by atomic mass is 10.2. The second-order valence-electron chi connectivity index (χ2n) is 4.41. The summed E-state index contributed by atoms with van der Waals surface area (Å²) >= 11 is 3.36. The number of benzene rings is 2. The Morgan fingerprint density at radius 1 is 1.24 bits per heavy atom. The summed E-state index contributed by atoms with van der Waals surface area (Å²) in [5.41, 5.74) is 2.07. The van der Waals surface area contributed by atoms with Crippen molar-refractivity contribution in [1.82, 2.24) is 5.32 Å². The molecule has 0 aliphatic carbocycles. The molecule has 2 rings (SSSR count). The van der Waals surface area contributed by atoms with Crippen LogP contribution >= 0.6 is 15.9 Å². The molecule has 0 saturated carbocycles. The molecule has 108 valence electrons. The zero-order valence-electron chi connectivity index (χ0n) is 11.4. The molecule has 0 aliphatic rings. The summed E-state index contributed by atoms with van der Waals surface area (Å²) in [6.07, 6.45) is 2.91. The Kier molecular flexibility index (Phi) is 5.11. The van der Waals surface area contributed by atoms with Gasteiger partial charge in [-0.15, -0.1) is 0 Å². The quantitative estimate of drug-likeness (QED) is 0.829. The molecule has 0 aromatic heterocycles. The fourth-order valence-corrected chi connectivity index (χ4v) is 2.22. The van der Waals surface area contributed by atoms with Gasteiger partial charge in [0.2, 0.25) is 0 Å². The number of hydrogen-bond donors (Lipinski definition) is 2. The fraction of sp³-hybridized carbons (Fsp3) is 0.0625. The summed E-state index contributed by atoms with van der Waals surface area (Å²) in [4.78, 5) is 11.7. The number of anilines is 1. The van der Waals surface area contributed by atoms with Gasteiger partial charge in [-0.2, -0.15) is 0 Å². The molecule has 0 heterocycles. The Labute approximate surface area is 131 Å². The monoisotopic (exact) mass is 348 g/mol. The van der Waals surface area contributed by atoms with Crippen molar-refractivity contribution < 1.29 is 9.18 Å². The molecule has 2 N–H and O–H groups in total. The molecule has 2 aromatic rings. The van der Waals surface area contributed by atoms with Gasteiger partial charge in [0.05, 0.1) is 0 Å². The minimum atomic E-state index is -0.381. The molecular formula is C16H14BrFN2O. The van der Waals surface area contributed by atoms with Gasteiger partial charge in [-0.1, -0.05) is 34.1 Å². The molecule has 5 heteroatoms. The molecule has 0 unspecified atom stereocenters. The number of halogens is 2. The molecule has 2 amide bonds. The Hall–Kier alpha value is -2.14. The summed E-state index contributed by atoms with van der Waals surface area (Å²) in [6, 6.07) is 11.5. The average Bonchev–Trinajstić information content (AvgIpc) is 2.44. The van der Waals surface area contributed by atoms with E-state index in [0.717, 1.165) is 15.7 Å². The van der Waals surface area contributed by atoms with Crippen LogP contribution in [0.5, 0.6) is 0 Å². The van der Waals surface area contributed by atoms with Gasteiger partial charge in [-0.05, 0) is 42.8 Å². The van der Waals surface area contributed by atoms with E-state index >= 15 is 0 Å².